The molecule has 0 radical (unpaired) electrons. The van der Waals surface area contributed by atoms with Crippen LogP contribution in [0.2, 0.25) is 0 Å². The molecule has 0 aromatic carbocycles. The molecule has 1 amide bonds. The van der Waals surface area contributed by atoms with E-state index in [2.05, 4.69) is 29.0 Å². The van der Waals surface area contributed by atoms with Gasteiger partial charge in [0.15, 0.2) is 0 Å². The van der Waals surface area contributed by atoms with Crippen molar-refractivity contribution in [1.82, 2.24) is 15.3 Å². The number of aromatic nitrogens is 2. The number of ether oxygens (including phenoxy) is 1. The smallest absolute Gasteiger partial charge is 0.225 e. The molecule has 2 aliphatic heterocycles. The molecular formula is C21H32N4O2. The van der Waals surface area contributed by atoms with E-state index in [0.29, 0.717) is 6.42 Å². The van der Waals surface area contributed by atoms with Crippen LogP contribution in [0.3, 0.4) is 0 Å². The molecule has 2 saturated heterocycles. The van der Waals surface area contributed by atoms with Crippen LogP contribution in [0.4, 0.5) is 5.95 Å². The molecule has 4 rings (SSSR count). The van der Waals surface area contributed by atoms with Gasteiger partial charge in [-0.1, -0.05) is 13.8 Å². The predicted molar refractivity (Wildman–Crippen MR) is 105 cm³/mol. The molecule has 3 aliphatic rings. The second kappa shape index (κ2) is 7.74. The molecule has 0 saturated carbocycles. The minimum atomic E-state index is -0.00697. The fraction of sp³-hybridized carbons (Fsp3) is 0.762. The van der Waals surface area contributed by atoms with E-state index in [1.807, 2.05) is 6.20 Å². The molecule has 6 heteroatoms. The summed E-state index contributed by atoms with van der Waals surface area (Å²) >= 11 is 0. The number of hydrogen-bond donors (Lipinski definition) is 1. The van der Waals surface area contributed by atoms with Gasteiger partial charge in [-0.15, -0.1) is 0 Å². The van der Waals surface area contributed by atoms with Crippen molar-refractivity contribution in [2.75, 3.05) is 24.6 Å². The van der Waals surface area contributed by atoms with Crippen LogP contribution in [-0.4, -0.2) is 41.7 Å². The Morgan fingerprint density at radius 1 is 1.30 bits per heavy atom. The van der Waals surface area contributed by atoms with Crippen molar-refractivity contribution in [3.05, 3.63) is 17.5 Å². The lowest BCUT2D eigenvalue weighted by Crippen LogP contribution is -2.39. The van der Waals surface area contributed by atoms with E-state index in [9.17, 15) is 4.79 Å². The predicted octanol–water partition coefficient (Wildman–Crippen LogP) is 3.17. The molecule has 148 valence electrons. The normalized spacial score (nSPS) is 27.3. The lowest BCUT2D eigenvalue weighted by Gasteiger charge is -2.37. The van der Waals surface area contributed by atoms with Gasteiger partial charge in [-0.05, 0) is 50.4 Å². The van der Waals surface area contributed by atoms with Gasteiger partial charge in [0.2, 0.25) is 11.9 Å². The van der Waals surface area contributed by atoms with Gasteiger partial charge >= 0.3 is 0 Å². The number of anilines is 1. The monoisotopic (exact) mass is 372 g/mol. The van der Waals surface area contributed by atoms with Gasteiger partial charge in [0.1, 0.15) is 0 Å². The van der Waals surface area contributed by atoms with Crippen LogP contribution >= 0.6 is 0 Å². The van der Waals surface area contributed by atoms with Crippen molar-refractivity contribution in [2.45, 2.75) is 77.4 Å². The standard InChI is InChI=1S/C21H32N4O2/c1-21(2)12-17(23-19(26)11-15-7-3-6-10-27-15)16-14-22-20(24-18(16)13-21)25-8-4-5-9-25/h14-15,17H,3-13H2,1-2H3,(H,23,26). The molecule has 0 bridgehead atoms. The molecule has 6 nitrogen and oxygen atoms in total. The van der Waals surface area contributed by atoms with E-state index in [4.69, 9.17) is 9.72 Å². The average molecular weight is 373 g/mol. The summed E-state index contributed by atoms with van der Waals surface area (Å²) in [6.45, 7) is 7.39. The van der Waals surface area contributed by atoms with Crippen molar-refractivity contribution >= 4 is 11.9 Å². The van der Waals surface area contributed by atoms with Crippen LogP contribution < -0.4 is 10.2 Å². The first-order valence-electron chi connectivity index (χ1n) is 10.5. The van der Waals surface area contributed by atoms with Crippen LogP contribution in [0.1, 0.15) is 76.1 Å². The quantitative estimate of drug-likeness (QED) is 0.879. The third-order valence-corrected chi connectivity index (χ3v) is 6.08. The highest BCUT2D eigenvalue weighted by Crippen LogP contribution is 2.40. The molecule has 3 heterocycles. The van der Waals surface area contributed by atoms with E-state index in [0.717, 1.165) is 69.0 Å². The van der Waals surface area contributed by atoms with Gasteiger partial charge in [-0.2, -0.15) is 0 Å². The summed E-state index contributed by atoms with van der Waals surface area (Å²) in [7, 11) is 0. The molecular weight excluding hydrogens is 340 g/mol. The Kier molecular flexibility index (Phi) is 5.35. The second-order valence-electron chi connectivity index (χ2n) is 9.12. The maximum atomic E-state index is 12.6. The molecule has 2 unspecified atom stereocenters. The lowest BCUT2D eigenvalue weighted by molar-refractivity contribution is -0.125. The summed E-state index contributed by atoms with van der Waals surface area (Å²) < 4.78 is 5.73. The number of nitrogens with one attached hydrogen (secondary N) is 1. The first-order chi connectivity index (χ1) is 13.0. The first kappa shape index (κ1) is 18.7. The second-order valence-corrected chi connectivity index (χ2v) is 9.12. The SMILES string of the molecule is CC1(C)Cc2nc(N3CCCC3)ncc2C(NC(=O)CC2CCCCO2)C1. The Labute approximate surface area is 162 Å². The van der Waals surface area contributed by atoms with Gasteiger partial charge in [0.25, 0.3) is 0 Å². The van der Waals surface area contributed by atoms with Gasteiger partial charge in [0, 0.05) is 31.5 Å². The summed E-state index contributed by atoms with van der Waals surface area (Å²) in [5.41, 5.74) is 2.31. The van der Waals surface area contributed by atoms with Crippen molar-refractivity contribution in [3.8, 4) is 0 Å². The topological polar surface area (TPSA) is 67.4 Å². The molecule has 1 aromatic rings. The van der Waals surface area contributed by atoms with Gasteiger partial charge in [-0.3, -0.25) is 4.79 Å². The Bertz CT molecular complexity index is 679. The Morgan fingerprint density at radius 2 is 2.11 bits per heavy atom. The summed E-state index contributed by atoms with van der Waals surface area (Å²) in [5, 5.41) is 3.25. The van der Waals surface area contributed by atoms with Gasteiger partial charge in [-0.25, -0.2) is 9.97 Å². The van der Waals surface area contributed by atoms with Crippen LogP contribution in [0.5, 0.6) is 0 Å². The zero-order chi connectivity index (χ0) is 18.9. The third kappa shape index (κ3) is 4.42. The Balaban J connectivity index is 1.48. The highest BCUT2D eigenvalue weighted by atomic mass is 16.5. The van der Waals surface area contributed by atoms with Crippen molar-refractivity contribution in [3.63, 3.8) is 0 Å². The molecule has 2 atom stereocenters. The number of hydrogen-bond acceptors (Lipinski definition) is 5. The molecule has 27 heavy (non-hydrogen) atoms. The van der Waals surface area contributed by atoms with Crippen molar-refractivity contribution in [1.29, 1.82) is 0 Å². The maximum Gasteiger partial charge on any atom is 0.225 e. The minimum absolute atomic E-state index is 0.00697. The van der Waals surface area contributed by atoms with E-state index in [-0.39, 0.29) is 23.5 Å². The molecule has 1 aromatic heterocycles. The third-order valence-electron chi connectivity index (χ3n) is 6.08. The summed E-state index contributed by atoms with van der Waals surface area (Å²) in [5.74, 6) is 0.934. The summed E-state index contributed by atoms with van der Waals surface area (Å²) in [6.07, 6.45) is 10.0. The average Bonchev–Trinajstić information content (AvgIpc) is 3.15. The van der Waals surface area contributed by atoms with Crippen LogP contribution in [0.15, 0.2) is 6.20 Å². The number of nitrogens with zero attached hydrogens (tertiary/aromatic N) is 3. The number of rotatable bonds is 4. The van der Waals surface area contributed by atoms with Crippen molar-refractivity contribution in [2.24, 2.45) is 5.41 Å². The number of amides is 1. The Hall–Kier alpha value is -1.69. The van der Waals surface area contributed by atoms with E-state index in [1.54, 1.807) is 0 Å². The maximum absolute atomic E-state index is 12.6. The van der Waals surface area contributed by atoms with Gasteiger partial charge < -0.3 is 15.0 Å². The number of carbonyl (C=O) groups is 1. The van der Waals surface area contributed by atoms with E-state index < -0.39 is 0 Å². The highest BCUT2D eigenvalue weighted by Gasteiger charge is 2.35. The van der Waals surface area contributed by atoms with Gasteiger partial charge in [0.05, 0.1) is 24.3 Å². The van der Waals surface area contributed by atoms with E-state index >= 15 is 0 Å². The zero-order valence-electron chi connectivity index (χ0n) is 16.7. The zero-order valence-corrected chi connectivity index (χ0v) is 16.7. The van der Waals surface area contributed by atoms with Crippen LogP contribution in [0.25, 0.3) is 0 Å². The number of fused-ring (bicyclic) bond motifs is 1. The largest absolute Gasteiger partial charge is 0.378 e. The van der Waals surface area contributed by atoms with Crippen molar-refractivity contribution < 1.29 is 9.53 Å². The summed E-state index contributed by atoms with van der Waals surface area (Å²) in [4.78, 5) is 24.4. The fourth-order valence-electron chi connectivity index (χ4n) is 4.66. The first-order valence-corrected chi connectivity index (χ1v) is 10.5. The van der Waals surface area contributed by atoms with E-state index in [1.165, 1.54) is 12.8 Å². The number of carbonyl (C=O) groups excluding carboxylic acids is 1. The van der Waals surface area contributed by atoms with Crippen LogP contribution in [0, 0.1) is 5.41 Å². The van der Waals surface area contributed by atoms with Crippen LogP contribution in [-0.2, 0) is 16.0 Å². The molecule has 1 aliphatic carbocycles. The fourth-order valence-corrected chi connectivity index (χ4v) is 4.66. The minimum Gasteiger partial charge on any atom is -0.378 e. The lowest BCUT2D eigenvalue weighted by atomic mass is 9.74. The highest BCUT2D eigenvalue weighted by molar-refractivity contribution is 5.77. The Morgan fingerprint density at radius 3 is 2.85 bits per heavy atom. The molecule has 1 N–H and O–H groups in total. The molecule has 2 fully saturated rings. The summed E-state index contributed by atoms with van der Waals surface area (Å²) in [6, 6.07) is -0.00697. The molecule has 0 spiro atoms.